The minimum atomic E-state index is -0.122. The topological polar surface area (TPSA) is 55.1 Å². The fraction of sp³-hybridized carbons (Fsp3) is 0.562. The smallest absolute Gasteiger partial charge is 0.222 e. The van der Waals surface area contributed by atoms with Crippen molar-refractivity contribution in [2.24, 2.45) is 17.1 Å². The van der Waals surface area contributed by atoms with Gasteiger partial charge in [0.1, 0.15) is 0 Å². The number of amides is 1. The Morgan fingerprint density at radius 3 is 2.53 bits per heavy atom. The van der Waals surface area contributed by atoms with Crippen LogP contribution in [0.2, 0.25) is 0 Å². The summed E-state index contributed by atoms with van der Waals surface area (Å²) in [6.07, 6.45) is 4.59. The highest BCUT2D eigenvalue weighted by atomic mass is 16.1. The fourth-order valence-electron chi connectivity index (χ4n) is 3.98. The monoisotopic (exact) mass is 258 g/mol. The van der Waals surface area contributed by atoms with E-state index in [9.17, 15) is 4.79 Å². The first kappa shape index (κ1) is 12.7. The van der Waals surface area contributed by atoms with Crippen molar-refractivity contribution in [1.82, 2.24) is 5.32 Å². The van der Waals surface area contributed by atoms with Crippen molar-refractivity contribution in [2.75, 3.05) is 13.1 Å². The van der Waals surface area contributed by atoms with Gasteiger partial charge >= 0.3 is 0 Å². The molecule has 1 aromatic carbocycles. The number of benzene rings is 1. The van der Waals surface area contributed by atoms with Crippen molar-refractivity contribution in [3.63, 3.8) is 0 Å². The quantitative estimate of drug-likeness (QED) is 0.853. The van der Waals surface area contributed by atoms with E-state index < -0.39 is 0 Å². The van der Waals surface area contributed by atoms with E-state index >= 15 is 0 Å². The maximum Gasteiger partial charge on any atom is 0.222 e. The lowest BCUT2D eigenvalue weighted by Gasteiger charge is -2.40. The Morgan fingerprint density at radius 2 is 1.89 bits per heavy atom. The van der Waals surface area contributed by atoms with Crippen molar-refractivity contribution in [2.45, 2.75) is 31.6 Å². The number of carbonyl (C=O) groups is 1. The third-order valence-corrected chi connectivity index (χ3v) is 5.16. The number of nitrogens with two attached hydrogens (primary N) is 1. The highest BCUT2D eigenvalue weighted by Gasteiger charge is 2.47. The molecular weight excluding hydrogens is 236 g/mol. The zero-order valence-electron chi connectivity index (χ0n) is 11.3. The molecule has 19 heavy (non-hydrogen) atoms. The number of nitrogens with one attached hydrogen (secondary N) is 1. The van der Waals surface area contributed by atoms with Crippen molar-refractivity contribution in [1.29, 1.82) is 0 Å². The molecule has 1 spiro atoms. The van der Waals surface area contributed by atoms with Gasteiger partial charge in [0.05, 0.1) is 5.92 Å². The maximum absolute atomic E-state index is 11.6. The van der Waals surface area contributed by atoms with Crippen LogP contribution < -0.4 is 11.1 Å². The molecule has 1 saturated heterocycles. The van der Waals surface area contributed by atoms with Crippen LogP contribution in [0.5, 0.6) is 0 Å². The molecular formula is C16H22N2O. The standard InChI is InChI=1S/C16H22N2O/c17-15(19)14-10-18-11-16(14)8-6-13(7-9-16)12-4-2-1-3-5-12/h1-5,13-14,18H,6-11H2,(H2,17,19). The first-order chi connectivity index (χ1) is 9.21. The third kappa shape index (κ3) is 2.27. The Bertz CT molecular complexity index is 449. The average Bonchev–Trinajstić information content (AvgIpc) is 2.84. The molecule has 1 heterocycles. The Labute approximate surface area is 114 Å². The van der Waals surface area contributed by atoms with Gasteiger partial charge in [0.25, 0.3) is 0 Å². The minimum Gasteiger partial charge on any atom is -0.369 e. The van der Waals surface area contributed by atoms with Crippen molar-refractivity contribution in [3.05, 3.63) is 35.9 Å². The van der Waals surface area contributed by atoms with Gasteiger partial charge in [-0.1, -0.05) is 30.3 Å². The number of primary amides is 1. The molecule has 0 radical (unpaired) electrons. The van der Waals surface area contributed by atoms with Gasteiger partial charge in [-0.05, 0) is 42.6 Å². The number of hydrogen-bond donors (Lipinski definition) is 2. The van der Waals surface area contributed by atoms with Crippen molar-refractivity contribution >= 4 is 5.91 Å². The van der Waals surface area contributed by atoms with Gasteiger partial charge in [0.15, 0.2) is 0 Å². The molecule has 1 amide bonds. The van der Waals surface area contributed by atoms with Crippen LogP contribution in [0.15, 0.2) is 30.3 Å². The van der Waals surface area contributed by atoms with Gasteiger partial charge in [-0.3, -0.25) is 4.79 Å². The van der Waals surface area contributed by atoms with Crippen LogP contribution in [0.1, 0.15) is 37.2 Å². The van der Waals surface area contributed by atoms with E-state index in [4.69, 9.17) is 5.73 Å². The summed E-state index contributed by atoms with van der Waals surface area (Å²) in [5.74, 6) is 0.563. The molecule has 2 fully saturated rings. The predicted molar refractivity (Wildman–Crippen MR) is 75.6 cm³/mol. The fourth-order valence-corrected chi connectivity index (χ4v) is 3.98. The molecule has 2 aliphatic rings. The number of hydrogen-bond acceptors (Lipinski definition) is 2. The Hall–Kier alpha value is -1.35. The summed E-state index contributed by atoms with van der Waals surface area (Å²) in [6, 6.07) is 10.7. The van der Waals surface area contributed by atoms with Gasteiger partial charge < -0.3 is 11.1 Å². The van der Waals surface area contributed by atoms with Crippen molar-refractivity contribution in [3.8, 4) is 0 Å². The maximum atomic E-state index is 11.6. The molecule has 1 atom stereocenters. The number of rotatable bonds is 2. The van der Waals surface area contributed by atoms with Gasteiger partial charge in [-0.25, -0.2) is 0 Å². The van der Waals surface area contributed by atoms with E-state index in [1.807, 2.05) is 0 Å². The first-order valence-electron chi connectivity index (χ1n) is 7.26. The lowest BCUT2D eigenvalue weighted by Crippen LogP contribution is -2.41. The van der Waals surface area contributed by atoms with E-state index in [-0.39, 0.29) is 17.2 Å². The molecule has 3 heteroatoms. The highest BCUT2D eigenvalue weighted by Crippen LogP contribution is 2.48. The zero-order valence-corrected chi connectivity index (χ0v) is 11.3. The molecule has 3 rings (SSSR count). The summed E-state index contributed by atoms with van der Waals surface area (Å²) in [6.45, 7) is 1.73. The van der Waals surface area contributed by atoms with E-state index in [0.717, 1.165) is 25.9 Å². The highest BCUT2D eigenvalue weighted by molar-refractivity contribution is 5.78. The number of carbonyl (C=O) groups excluding carboxylic acids is 1. The predicted octanol–water partition coefficient (Wildman–Crippen LogP) is 2.04. The summed E-state index contributed by atoms with van der Waals surface area (Å²) >= 11 is 0. The molecule has 1 aromatic rings. The first-order valence-corrected chi connectivity index (χ1v) is 7.26. The van der Waals surface area contributed by atoms with E-state index in [2.05, 4.69) is 35.6 Å². The molecule has 1 saturated carbocycles. The van der Waals surface area contributed by atoms with Gasteiger partial charge in [-0.15, -0.1) is 0 Å². The second-order valence-corrected chi connectivity index (χ2v) is 6.13. The normalized spacial score (nSPS) is 34.5. The summed E-state index contributed by atoms with van der Waals surface area (Å²) in [4.78, 5) is 11.6. The third-order valence-electron chi connectivity index (χ3n) is 5.16. The van der Waals surface area contributed by atoms with Crippen molar-refractivity contribution < 1.29 is 4.79 Å². The zero-order chi connectivity index (χ0) is 13.3. The van der Waals surface area contributed by atoms with Crippen LogP contribution in [0.25, 0.3) is 0 Å². The molecule has 1 aliphatic carbocycles. The van der Waals surface area contributed by atoms with Crippen LogP contribution in [0.4, 0.5) is 0 Å². The summed E-state index contributed by atoms with van der Waals surface area (Å²) in [5.41, 5.74) is 7.15. The van der Waals surface area contributed by atoms with Gasteiger partial charge in [0, 0.05) is 13.1 Å². The molecule has 1 unspecified atom stereocenters. The van der Waals surface area contributed by atoms with Crippen LogP contribution in [-0.4, -0.2) is 19.0 Å². The molecule has 3 nitrogen and oxygen atoms in total. The molecule has 1 aliphatic heterocycles. The molecule has 3 N–H and O–H groups in total. The largest absolute Gasteiger partial charge is 0.369 e. The lowest BCUT2D eigenvalue weighted by atomic mass is 9.64. The Morgan fingerprint density at radius 1 is 1.21 bits per heavy atom. The average molecular weight is 258 g/mol. The summed E-state index contributed by atoms with van der Waals surface area (Å²) in [7, 11) is 0. The van der Waals surface area contributed by atoms with Gasteiger partial charge in [-0.2, -0.15) is 0 Å². The van der Waals surface area contributed by atoms with Crippen LogP contribution in [-0.2, 0) is 4.79 Å². The van der Waals surface area contributed by atoms with E-state index in [1.165, 1.54) is 18.4 Å². The Balaban J connectivity index is 1.71. The minimum absolute atomic E-state index is 0.0317. The van der Waals surface area contributed by atoms with Crippen LogP contribution in [0, 0.1) is 11.3 Å². The van der Waals surface area contributed by atoms with E-state index in [1.54, 1.807) is 0 Å². The Kier molecular flexibility index (Phi) is 3.31. The van der Waals surface area contributed by atoms with E-state index in [0.29, 0.717) is 5.92 Å². The SMILES string of the molecule is NC(=O)C1CNCC12CCC(c1ccccc1)CC2. The summed E-state index contributed by atoms with van der Waals surface area (Å²) < 4.78 is 0. The van der Waals surface area contributed by atoms with Gasteiger partial charge in [0.2, 0.25) is 5.91 Å². The summed E-state index contributed by atoms with van der Waals surface area (Å²) in [5, 5.41) is 3.37. The lowest BCUT2D eigenvalue weighted by molar-refractivity contribution is -0.125. The van der Waals surface area contributed by atoms with Crippen LogP contribution in [0.3, 0.4) is 0 Å². The molecule has 0 bridgehead atoms. The molecule has 102 valence electrons. The second-order valence-electron chi connectivity index (χ2n) is 6.13. The molecule has 0 aromatic heterocycles. The van der Waals surface area contributed by atoms with Crippen LogP contribution >= 0.6 is 0 Å². The second kappa shape index (κ2) is 4.97.